The lowest BCUT2D eigenvalue weighted by atomic mass is 10.1. The van der Waals surface area contributed by atoms with Crippen LogP contribution in [0.2, 0.25) is 0 Å². The zero-order chi connectivity index (χ0) is 9.84. The van der Waals surface area contributed by atoms with Gasteiger partial charge in [0.1, 0.15) is 0 Å². The van der Waals surface area contributed by atoms with Crippen molar-refractivity contribution in [3.05, 3.63) is 29.3 Å². The van der Waals surface area contributed by atoms with Gasteiger partial charge in [0, 0.05) is 17.8 Å². The molecule has 13 heavy (non-hydrogen) atoms. The minimum Gasteiger partial charge on any atom is -0.398 e. The van der Waals surface area contributed by atoms with E-state index < -0.39 is 0 Å². The Labute approximate surface area is 77.9 Å². The van der Waals surface area contributed by atoms with Crippen molar-refractivity contribution in [2.24, 2.45) is 0 Å². The van der Waals surface area contributed by atoms with Crippen LogP contribution in [0.1, 0.15) is 22.8 Å². The molecule has 70 valence electrons. The summed E-state index contributed by atoms with van der Waals surface area (Å²) >= 11 is 0. The lowest BCUT2D eigenvalue weighted by molar-refractivity contribution is 0.0956. The maximum absolute atomic E-state index is 11.3. The van der Waals surface area contributed by atoms with Gasteiger partial charge in [-0.05, 0) is 31.5 Å². The van der Waals surface area contributed by atoms with Crippen LogP contribution in [-0.2, 0) is 0 Å². The Balaban J connectivity index is 2.90. The molecular formula is C10H14N2O. The van der Waals surface area contributed by atoms with Crippen molar-refractivity contribution in [3.63, 3.8) is 0 Å². The van der Waals surface area contributed by atoms with Crippen LogP contribution in [-0.4, -0.2) is 12.5 Å². The summed E-state index contributed by atoms with van der Waals surface area (Å²) in [6, 6.07) is 5.32. The second-order valence-corrected chi connectivity index (χ2v) is 2.93. The highest BCUT2D eigenvalue weighted by atomic mass is 16.1. The molecule has 1 aromatic rings. The molecule has 3 heteroatoms. The number of hydrogen-bond acceptors (Lipinski definition) is 2. The third kappa shape index (κ3) is 2.21. The zero-order valence-electron chi connectivity index (χ0n) is 7.92. The van der Waals surface area contributed by atoms with Gasteiger partial charge in [0.15, 0.2) is 0 Å². The predicted molar refractivity (Wildman–Crippen MR) is 53.6 cm³/mol. The fourth-order valence-electron chi connectivity index (χ4n) is 1.04. The van der Waals surface area contributed by atoms with E-state index in [4.69, 9.17) is 5.73 Å². The molecule has 0 bridgehead atoms. The Hall–Kier alpha value is -1.51. The highest BCUT2D eigenvalue weighted by molar-refractivity contribution is 5.95. The van der Waals surface area contributed by atoms with Crippen molar-refractivity contribution < 1.29 is 4.79 Å². The van der Waals surface area contributed by atoms with Crippen LogP contribution in [0.15, 0.2) is 18.2 Å². The zero-order valence-corrected chi connectivity index (χ0v) is 7.92. The van der Waals surface area contributed by atoms with Crippen LogP contribution in [0.5, 0.6) is 0 Å². The van der Waals surface area contributed by atoms with Gasteiger partial charge in [-0.25, -0.2) is 0 Å². The summed E-state index contributed by atoms with van der Waals surface area (Å²) < 4.78 is 0. The van der Waals surface area contributed by atoms with Crippen molar-refractivity contribution in [2.75, 3.05) is 12.3 Å². The molecular weight excluding hydrogens is 164 g/mol. The summed E-state index contributed by atoms with van der Waals surface area (Å²) in [7, 11) is 0. The first-order valence-electron chi connectivity index (χ1n) is 4.29. The molecule has 3 N–H and O–H groups in total. The maximum Gasteiger partial charge on any atom is 0.251 e. The molecule has 0 unspecified atom stereocenters. The van der Waals surface area contributed by atoms with E-state index in [-0.39, 0.29) is 5.91 Å². The van der Waals surface area contributed by atoms with E-state index in [1.165, 1.54) is 0 Å². The second kappa shape index (κ2) is 3.94. The van der Waals surface area contributed by atoms with Gasteiger partial charge in [0.25, 0.3) is 5.91 Å². The Bertz CT molecular complexity index is 321. The number of hydrogen-bond donors (Lipinski definition) is 2. The molecule has 1 aromatic carbocycles. The van der Waals surface area contributed by atoms with Gasteiger partial charge in [-0.2, -0.15) is 0 Å². The first-order valence-corrected chi connectivity index (χ1v) is 4.29. The van der Waals surface area contributed by atoms with E-state index in [0.29, 0.717) is 17.8 Å². The third-order valence-electron chi connectivity index (χ3n) is 1.88. The highest BCUT2D eigenvalue weighted by Gasteiger charge is 2.04. The molecule has 0 spiro atoms. The average Bonchev–Trinajstić information content (AvgIpc) is 2.10. The molecule has 0 heterocycles. The minimum absolute atomic E-state index is 0.0748. The number of anilines is 1. The third-order valence-corrected chi connectivity index (χ3v) is 1.88. The molecule has 0 aliphatic rings. The molecule has 1 rings (SSSR count). The van der Waals surface area contributed by atoms with E-state index in [1.807, 2.05) is 19.9 Å². The Morgan fingerprint density at radius 3 is 2.77 bits per heavy atom. The van der Waals surface area contributed by atoms with Crippen LogP contribution in [0.25, 0.3) is 0 Å². The fraction of sp³-hybridized carbons (Fsp3) is 0.300. The van der Waals surface area contributed by atoms with Crippen LogP contribution < -0.4 is 11.1 Å². The normalized spacial score (nSPS) is 9.69. The summed E-state index contributed by atoms with van der Waals surface area (Å²) in [5.74, 6) is -0.0748. The van der Waals surface area contributed by atoms with Crippen molar-refractivity contribution in [3.8, 4) is 0 Å². The number of amides is 1. The summed E-state index contributed by atoms with van der Waals surface area (Å²) in [6.45, 7) is 4.43. The number of nitrogens with two attached hydrogens (primary N) is 1. The second-order valence-electron chi connectivity index (χ2n) is 2.93. The quantitative estimate of drug-likeness (QED) is 0.671. The number of carbonyl (C=O) groups is 1. The van der Waals surface area contributed by atoms with E-state index in [1.54, 1.807) is 12.1 Å². The van der Waals surface area contributed by atoms with E-state index in [9.17, 15) is 4.79 Å². The van der Waals surface area contributed by atoms with Crippen molar-refractivity contribution in [1.82, 2.24) is 5.32 Å². The molecule has 0 saturated heterocycles. The van der Waals surface area contributed by atoms with Crippen LogP contribution >= 0.6 is 0 Å². The lowest BCUT2D eigenvalue weighted by Crippen LogP contribution is -2.22. The standard InChI is InChI=1S/C10H14N2O/c1-3-12-10(13)8-5-4-7(2)9(11)6-8/h4-6H,3,11H2,1-2H3,(H,12,13). The van der Waals surface area contributed by atoms with Gasteiger partial charge in [-0.1, -0.05) is 6.07 Å². The summed E-state index contributed by atoms with van der Waals surface area (Å²) in [4.78, 5) is 11.3. The number of nitrogen functional groups attached to an aromatic ring is 1. The molecule has 3 nitrogen and oxygen atoms in total. The van der Waals surface area contributed by atoms with Gasteiger partial charge < -0.3 is 11.1 Å². The van der Waals surface area contributed by atoms with E-state index >= 15 is 0 Å². The van der Waals surface area contributed by atoms with Crippen LogP contribution in [0.4, 0.5) is 5.69 Å². The predicted octanol–water partition coefficient (Wildman–Crippen LogP) is 1.33. The van der Waals surface area contributed by atoms with Gasteiger partial charge in [-0.15, -0.1) is 0 Å². The molecule has 0 aliphatic carbocycles. The number of aryl methyl sites for hydroxylation is 1. The number of carbonyl (C=O) groups excluding carboxylic acids is 1. The van der Waals surface area contributed by atoms with Gasteiger partial charge in [0.05, 0.1) is 0 Å². The van der Waals surface area contributed by atoms with Crippen LogP contribution in [0, 0.1) is 6.92 Å². The molecule has 0 fully saturated rings. The largest absolute Gasteiger partial charge is 0.398 e. The number of rotatable bonds is 2. The molecule has 0 aliphatic heterocycles. The Morgan fingerprint density at radius 2 is 2.23 bits per heavy atom. The average molecular weight is 178 g/mol. The molecule has 0 saturated carbocycles. The molecule has 0 atom stereocenters. The van der Waals surface area contributed by atoms with Gasteiger partial charge in [0.2, 0.25) is 0 Å². The lowest BCUT2D eigenvalue weighted by Gasteiger charge is -2.04. The monoisotopic (exact) mass is 178 g/mol. The van der Waals surface area contributed by atoms with Crippen molar-refractivity contribution in [1.29, 1.82) is 0 Å². The molecule has 0 aromatic heterocycles. The number of benzene rings is 1. The van der Waals surface area contributed by atoms with E-state index in [2.05, 4.69) is 5.32 Å². The van der Waals surface area contributed by atoms with E-state index in [0.717, 1.165) is 5.56 Å². The fourth-order valence-corrected chi connectivity index (χ4v) is 1.04. The smallest absolute Gasteiger partial charge is 0.251 e. The summed E-state index contributed by atoms with van der Waals surface area (Å²) in [5, 5.41) is 2.71. The first kappa shape index (κ1) is 9.58. The van der Waals surface area contributed by atoms with Gasteiger partial charge >= 0.3 is 0 Å². The van der Waals surface area contributed by atoms with Crippen molar-refractivity contribution in [2.45, 2.75) is 13.8 Å². The first-order chi connectivity index (χ1) is 6.15. The molecule has 1 amide bonds. The van der Waals surface area contributed by atoms with Gasteiger partial charge in [-0.3, -0.25) is 4.79 Å². The Morgan fingerprint density at radius 1 is 1.54 bits per heavy atom. The highest BCUT2D eigenvalue weighted by Crippen LogP contribution is 2.12. The minimum atomic E-state index is -0.0748. The topological polar surface area (TPSA) is 55.1 Å². The maximum atomic E-state index is 11.3. The molecule has 0 radical (unpaired) electrons. The Kier molecular flexibility index (Phi) is 2.90. The summed E-state index contributed by atoms with van der Waals surface area (Å²) in [5.41, 5.74) is 7.94. The number of nitrogens with one attached hydrogen (secondary N) is 1. The SMILES string of the molecule is CCNC(=O)c1ccc(C)c(N)c1. The summed E-state index contributed by atoms with van der Waals surface area (Å²) in [6.07, 6.45) is 0. The van der Waals surface area contributed by atoms with Crippen molar-refractivity contribution >= 4 is 11.6 Å². The van der Waals surface area contributed by atoms with Crippen LogP contribution in [0.3, 0.4) is 0 Å².